The highest BCUT2D eigenvalue weighted by Gasteiger charge is 2.28. The van der Waals surface area contributed by atoms with Crippen LogP contribution in [0.5, 0.6) is 0 Å². The minimum Gasteiger partial charge on any atom is -0.354 e. The summed E-state index contributed by atoms with van der Waals surface area (Å²) in [5.74, 6) is 0.488. The van der Waals surface area contributed by atoms with Crippen LogP contribution in [0.4, 0.5) is 0 Å². The molecule has 0 bridgehead atoms. The summed E-state index contributed by atoms with van der Waals surface area (Å²) in [6, 6.07) is 18.1. The second-order valence-corrected chi connectivity index (χ2v) is 9.92. The molecule has 6 heteroatoms. The van der Waals surface area contributed by atoms with Gasteiger partial charge >= 0.3 is 0 Å². The van der Waals surface area contributed by atoms with Crippen LogP contribution in [0.3, 0.4) is 0 Å². The van der Waals surface area contributed by atoms with E-state index >= 15 is 0 Å². The molecule has 3 aromatic rings. The summed E-state index contributed by atoms with van der Waals surface area (Å²) in [6.45, 7) is 4.31. The SMILES string of the molecule is C[C@H](NC(=O)c1c(CN2CCNC(=O)C2)c(-c2ccccc2)nc2ccccc12)C1CCCCC1. The third-order valence-electron chi connectivity index (χ3n) is 7.48. The number of piperazine rings is 1. The van der Waals surface area contributed by atoms with Crippen molar-refractivity contribution in [2.75, 3.05) is 19.6 Å². The molecule has 2 aliphatic rings. The Kier molecular flexibility index (Phi) is 7.09. The molecule has 5 rings (SSSR count). The van der Waals surface area contributed by atoms with Gasteiger partial charge in [0.2, 0.25) is 5.91 Å². The van der Waals surface area contributed by atoms with E-state index in [9.17, 15) is 9.59 Å². The highest BCUT2D eigenvalue weighted by molar-refractivity contribution is 6.09. The normalized spacial score (nSPS) is 18.3. The van der Waals surface area contributed by atoms with E-state index < -0.39 is 0 Å². The van der Waals surface area contributed by atoms with Gasteiger partial charge in [-0.25, -0.2) is 4.98 Å². The number of carbonyl (C=O) groups is 2. The van der Waals surface area contributed by atoms with Gasteiger partial charge in [-0.15, -0.1) is 0 Å². The van der Waals surface area contributed by atoms with Crippen LogP contribution >= 0.6 is 0 Å². The number of amides is 2. The number of para-hydroxylation sites is 1. The average Bonchev–Trinajstić information content (AvgIpc) is 2.89. The average molecular weight is 471 g/mol. The smallest absolute Gasteiger partial charge is 0.252 e. The van der Waals surface area contributed by atoms with Crippen LogP contribution in [-0.4, -0.2) is 47.4 Å². The van der Waals surface area contributed by atoms with Crippen molar-refractivity contribution in [3.8, 4) is 11.3 Å². The Labute approximate surface area is 207 Å². The molecule has 2 N–H and O–H groups in total. The molecule has 0 unspecified atom stereocenters. The fraction of sp³-hybridized carbons (Fsp3) is 0.414. The summed E-state index contributed by atoms with van der Waals surface area (Å²) in [5.41, 5.74) is 4.16. The number of fused-ring (bicyclic) bond motifs is 1. The maximum atomic E-state index is 14.0. The Morgan fingerprint density at radius 3 is 2.60 bits per heavy atom. The monoisotopic (exact) mass is 470 g/mol. The molecule has 2 heterocycles. The first-order valence-electron chi connectivity index (χ1n) is 12.9. The van der Waals surface area contributed by atoms with Crippen molar-refractivity contribution in [2.24, 2.45) is 5.92 Å². The summed E-state index contributed by atoms with van der Waals surface area (Å²) in [5, 5.41) is 7.11. The molecule has 0 spiro atoms. The lowest BCUT2D eigenvalue weighted by Gasteiger charge is -2.30. The third-order valence-corrected chi connectivity index (χ3v) is 7.48. The molecule has 6 nitrogen and oxygen atoms in total. The molecule has 0 radical (unpaired) electrons. The predicted molar refractivity (Wildman–Crippen MR) is 139 cm³/mol. The Balaban J connectivity index is 1.60. The van der Waals surface area contributed by atoms with Crippen molar-refractivity contribution in [2.45, 2.75) is 51.6 Å². The zero-order valence-electron chi connectivity index (χ0n) is 20.4. The quantitative estimate of drug-likeness (QED) is 0.555. The van der Waals surface area contributed by atoms with Crippen LogP contribution in [-0.2, 0) is 11.3 Å². The van der Waals surface area contributed by atoms with E-state index in [1.165, 1.54) is 32.1 Å². The van der Waals surface area contributed by atoms with E-state index in [1.807, 2.05) is 54.6 Å². The van der Waals surface area contributed by atoms with Crippen molar-refractivity contribution in [1.29, 1.82) is 0 Å². The van der Waals surface area contributed by atoms with Gasteiger partial charge < -0.3 is 10.6 Å². The number of carbonyl (C=O) groups excluding carboxylic acids is 2. The first kappa shape index (κ1) is 23.5. The van der Waals surface area contributed by atoms with Gasteiger partial charge in [-0.3, -0.25) is 14.5 Å². The Hall–Kier alpha value is -3.25. The summed E-state index contributed by atoms with van der Waals surface area (Å²) in [4.78, 5) is 33.3. The maximum absolute atomic E-state index is 14.0. The molecule has 1 aliphatic heterocycles. The summed E-state index contributed by atoms with van der Waals surface area (Å²) >= 11 is 0. The lowest BCUT2D eigenvalue weighted by molar-refractivity contribution is -0.124. The Morgan fingerprint density at radius 1 is 1.09 bits per heavy atom. The Morgan fingerprint density at radius 2 is 1.83 bits per heavy atom. The summed E-state index contributed by atoms with van der Waals surface area (Å²) in [6.07, 6.45) is 6.11. The number of nitrogens with zero attached hydrogens (tertiary/aromatic N) is 2. The largest absolute Gasteiger partial charge is 0.354 e. The van der Waals surface area contributed by atoms with Gasteiger partial charge in [0.15, 0.2) is 0 Å². The second-order valence-electron chi connectivity index (χ2n) is 9.92. The van der Waals surface area contributed by atoms with E-state index in [4.69, 9.17) is 4.98 Å². The first-order valence-corrected chi connectivity index (χ1v) is 12.9. The van der Waals surface area contributed by atoms with Gasteiger partial charge in [-0.05, 0) is 31.7 Å². The lowest BCUT2D eigenvalue weighted by Crippen LogP contribution is -2.47. The number of hydrogen-bond acceptors (Lipinski definition) is 4. The van der Waals surface area contributed by atoms with Crippen LogP contribution in [0.15, 0.2) is 54.6 Å². The van der Waals surface area contributed by atoms with Crippen molar-refractivity contribution in [1.82, 2.24) is 20.5 Å². The number of rotatable bonds is 6. The van der Waals surface area contributed by atoms with E-state index in [2.05, 4.69) is 22.5 Å². The van der Waals surface area contributed by atoms with Crippen molar-refractivity contribution < 1.29 is 9.59 Å². The van der Waals surface area contributed by atoms with Crippen LogP contribution in [0.1, 0.15) is 54.9 Å². The molecular formula is C29H34N4O2. The minimum atomic E-state index is -0.0460. The minimum absolute atomic E-state index is 0.0168. The number of hydrogen-bond donors (Lipinski definition) is 2. The molecule has 182 valence electrons. The second kappa shape index (κ2) is 10.6. The van der Waals surface area contributed by atoms with Crippen LogP contribution in [0.2, 0.25) is 0 Å². The highest BCUT2D eigenvalue weighted by atomic mass is 16.2. The third kappa shape index (κ3) is 5.22. The molecule has 1 saturated heterocycles. The molecular weight excluding hydrogens is 436 g/mol. The van der Waals surface area contributed by atoms with E-state index in [-0.39, 0.29) is 17.9 Å². The molecule has 1 atom stereocenters. The first-order chi connectivity index (χ1) is 17.1. The molecule has 1 aliphatic carbocycles. The van der Waals surface area contributed by atoms with Crippen molar-refractivity contribution >= 4 is 22.7 Å². The number of aromatic nitrogens is 1. The number of benzene rings is 2. The molecule has 2 aromatic carbocycles. The van der Waals surface area contributed by atoms with Gasteiger partial charge in [0.1, 0.15) is 0 Å². The van der Waals surface area contributed by atoms with Gasteiger partial charge in [0.05, 0.1) is 23.3 Å². The van der Waals surface area contributed by atoms with Crippen molar-refractivity contribution in [3.05, 3.63) is 65.7 Å². The fourth-order valence-electron chi connectivity index (χ4n) is 5.58. The molecule has 2 fully saturated rings. The van der Waals surface area contributed by atoms with Crippen LogP contribution in [0, 0.1) is 5.92 Å². The summed E-state index contributed by atoms with van der Waals surface area (Å²) in [7, 11) is 0. The van der Waals surface area contributed by atoms with E-state index in [1.54, 1.807) is 0 Å². The molecule has 1 aromatic heterocycles. The van der Waals surface area contributed by atoms with Crippen LogP contribution < -0.4 is 10.6 Å². The molecule has 1 saturated carbocycles. The topological polar surface area (TPSA) is 74.3 Å². The zero-order chi connectivity index (χ0) is 24.2. The van der Waals surface area contributed by atoms with Gasteiger partial charge in [-0.1, -0.05) is 67.8 Å². The molecule has 35 heavy (non-hydrogen) atoms. The van der Waals surface area contributed by atoms with Gasteiger partial charge in [-0.2, -0.15) is 0 Å². The van der Waals surface area contributed by atoms with E-state index in [0.717, 1.165) is 34.3 Å². The standard InChI is InChI=1S/C29H34N4O2/c1-20(21-10-4-2-5-11-21)31-29(35)27-23-14-8-9-15-25(23)32-28(22-12-6-3-7-13-22)24(27)18-33-17-16-30-26(34)19-33/h3,6-9,12-15,20-21H,2,4-5,10-11,16-19H2,1H3,(H,30,34)(H,31,35)/t20-/m0/s1. The maximum Gasteiger partial charge on any atom is 0.252 e. The number of pyridine rings is 1. The Bertz CT molecular complexity index is 1200. The highest BCUT2D eigenvalue weighted by Crippen LogP contribution is 2.32. The fourth-order valence-corrected chi connectivity index (χ4v) is 5.58. The predicted octanol–water partition coefficient (Wildman–Crippen LogP) is 4.53. The number of nitrogens with one attached hydrogen (secondary N) is 2. The van der Waals surface area contributed by atoms with E-state index in [0.29, 0.717) is 31.1 Å². The van der Waals surface area contributed by atoms with Crippen LogP contribution in [0.25, 0.3) is 22.2 Å². The molecule has 2 amide bonds. The van der Waals surface area contributed by atoms with Crippen molar-refractivity contribution in [3.63, 3.8) is 0 Å². The zero-order valence-corrected chi connectivity index (χ0v) is 20.4. The lowest BCUT2D eigenvalue weighted by atomic mass is 9.84. The van der Waals surface area contributed by atoms with Gasteiger partial charge in [0, 0.05) is 42.2 Å². The van der Waals surface area contributed by atoms with Gasteiger partial charge in [0.25, 0.3) is 5.91 Å². The summed E-state index contributed by atoms with van der Waals surface area (Å²) < 4.78 is 0.